The van der Waals surface area contributed by atoms with E-state index >= 15 is 0 Å². The second-order valence-corrected chi connectivity index (χ2v) is 9.36. The zero-order chi connectivity index (χ0) is 28.5. The van der Waals surface area contributed by atoms with E-state index in [0.717, 1.165) is 21.0 Å². The fourth-order valence-electron chi connectivity index (χ4n) is 3.44. The molecule has 39 heavy (non-hydrogen) atoms. The minimum Gasteiger partial charge on any atom is -0.492 e. The number of hydrogen-bond donors (Lipinski definition) is 1. The minimum absolute atomic E-state index is 0. The van der Waals surface area contributed by atoms with Gasteiger partial charge in [-0.05, 0) is 49.4 Å². The first-order valence-electron chi connectivity index (χ1n) is 10.9. The average Bonchev–Trinajstić information content (AvgIpc) is 3.21. The van der Waals surface area contributed by atoms with Gasteiger partial charge in [-0.15, -0.1) is 23.7 Å². The van der Waals surface area contributed by atoms with E-state index in [1.54, 1.807) is 18.2 Å². The Kier molecular flexibility index (Phi) is 10.0. The summed E-state index contributed by atoms with van der Waals surface area (Å²) < 4.78 is 127. The van der Waals surface area contributed by atoms with E-state index < -0.39 is 36.9 Å². The van der Waals surface area contributed by atoms with Gasteiger partial charge in [0.25, 0.3) is 0 Å². The van der Waals surface area contributed by atoms with Gasteiger partial charge in [0.05, 0.1) is 10.2 Å². The fraction of sp³-hybridized carbons (Fsp3) is 0.435. The summed E-state index contributed by atoms with van der Waals surface area (Å²) in [4.78, 5) is 6.51. The van der Waals surface area contributed by atoms with Gasteiger partial charge in [-0.2, -0.15) is 39.5 Å². The van der Waals surface area contributed by atoms with E-state index in [2.05, 4.69) is 9.72 Å². The van der Waals surface area contributed by atoms with Crippen LogP contribution >= 0.6 is 23.7 Å². The summed E-state index contributed by atoms with van der Waals surface area (Å²) in [5.74, 6) is 0.321. The number of fused-ring (bicyclic) bond motifs is 1. The van der Waals surface area contributed by atoms with Gasteiger partial charge >= 0.3 is 24.1 Å². The number of thiazole rings is 1. The third-order valence-corrected chi connectivity index (χ3v) is 6.41. The van der Waals surface area contributed by atoms with Crippen LogP contribution in [0, 0.1) is 0 Å². The SMILES string of the molecule is CC(NCCOc1ccc2nc(-c3ccc(N(C)C)cc3)sc2c1)OC(C(F)(F)F)(C(F)(F)F)C(F)(F)F.Cl. The molecule has 3 rings (SSSR count). The Morgan fingerprint density at radius 1 is 0.897 bits per heavy atom. The number of halogens is 10. The molecule has 3 aromatic rings. The number of anilines is 1. The van der Waals surface area contributed by atoms with Crippen molar-refractivity contribution in [1.29, 1.82) is 0 Å². The molecule has 1 aromatic heterocycles. The van der Waals surface area contributed by atoms with Crippen LogP contribution < -0.4 is 15.0 Å². The number of hydrogen-bond acceptors (Lipinski definition) is 6. The maximum absolute atomic E-state index is 13.0. The molecule has 0 radical (unpaired) electrons. The molecule has 1 N–H and O–H groups in total. The largest absolute Gasteiger partial charge is 0.492 e. The summed E-state index contributed by atoms with van der Waals surface area (Å²) in [5, 5.41) is 2.79. The normalized spacial score (nSPS) is 13.7. The number of alkyl halides is 9. The lowest BCUT2D eigenvalue weighted by atomic mass is 10.0. The summed E-state index contributed by atoms with van der Waals surface area (Å²) in [7, 11) is 3.83. The third kappa shape index (κ3) is 6.99. The third-order valence-electron chi connectivity index (χ3n) is 5.34. The first kappa shape index (κ1) is 32.7. The molecule has 16 heteroatoms. The minimum atomic E-state index is -6.80. The second kappa shape index (κ2) is 11.9. The molecule has 2 aromatic carbocycles. The number of ether oxygens (including phenoxy) is 2. The Hall–Kier alpha value is -2.49. The molecule has 0 fully saturated rings. The summed E-state index contributed by atoms with van der Waals surface area (Å²) in [5.41, 5.74) is -3.76. The number of aromatic nitrogens is 1. The van der Waals surface area contributed by atoms with Gasteiger partial charge in [0, 0.05) is 31.9 Å². The number of rotatable bonds is 9. The molecular weight excluding hydrogens is 589 g/mol. The van der Waals surface area contributed by atoms with E-state index in [1.807, 2.05) is 48.6 Å². The molecule has 0 saturated carbocycles. The molecule has 1 heterocycles. The van der Waals surface area contributed by atoms with Gasteiger partial charge in [-0.25, -0.2) is 4.98 Å². The topological polar surface area (TPSA) is 46.6 Å². The monoisotopic (exact) mass is 611 g/mol. The Balaban J connectivity index is 0.00000533. The molecule has 0 aliphatic rings. The first-order valence-corrected chi connectivity index (χ1v) is 11.7. The highest BCUT2D eigenvalue weighted by atomic mass is 35.5. The summed E-state index contributed by atoms with van der Waals surface area (Å²) in [6, 6.07) is 12.6. The van der Waals surface area contributed by atoms with Crippen molar-refractivity contribution < 1.29 is 49.0 Å². The summed E-state index contributed by atoms with van der Waals surface area (Å²) in [6.07, 6.45) is -22.7. The maximum Gasteiger partial charge on any atom is 0.435 e. The number of nitrogens with zero attached hydrogens (tertiary/aromatic N) is 2. The predicted octanol–water partition coefficient (Wildman–Crippen LogP) is 7.21. The Labute approximate surface area is 227 Å². The van der Waals surface area contributed by atoms with E-state index in [1.165, 1.54) is 11.3 Å². The van der Waals surface area contributed by atoms with Crippen LogP contribution in [-0.4, -0.2) is 62.6 Å². The van der Waals surface area contributed by atoms with Crippen LogP contribution in [-0.2, 0) is 4.74 Å². The first-order chi connectivity index (χ1) is 17.5. The van der Waals surface area contributed by atoms with Crippen molar-refractivity contribution in [2.24, 2.45) is 0 Å². The van der Waals surface area contributed by atoms with Crippen molar-refractivity contribution in [2.75, 3.05) is 32.1 Å². The Bertz CT molecular complexity index is 1190. The molecule has 1 unspecified atom stereocenters. The van der Waals surface area contributed by atoms with Crippen molar-refractivity contribution >= 4 is 39.6 Å². The lowest BCUT2D eigenvalue weighted by molar-refractivity contribution is -0.465. The van der Waals surface area contributed by atoms with Crippen LogP contribution in [0.15, 0.2) is 42.5 Å². The highest BCUT2D eigenvalue weighted by Crippen LogP contribution is 2.55. The Morgan fingerprint density at radius 2 is 1.46 bits per heavy atom. The second-order valence-electron chi connectivity index (χ2n) is 8.33. The number of nitrogens with one attached hydrogen (secondary N) is 1. The fourth-order valence-corrected chi connectivity index (χ4v) is 4.44. The van der Waals surface area contributed by atoms with Gasteiger partial charge in [0.2, 0.25) is 0 Å². The van der Waals surface area contributed by atoms with Crippen molar-refractivity contribution in [2.45, 2.75) is 37.3 Å². The van der Waals surface area contributed by atoms with Crippen LogP contribution in [0.25, 0.3) is 20.8 Å². The van der Waals surface area contributed by atoms with Gasteiger partial charge < -0.3 is 14.4 Å². The van der Waals surface area contributed by atoms with Gasteiger partial charge in [0.1, 0.15) is 23.6 Å². The number of benzene rings is 2. The highest BCUT2D eigenvalue weighted by Gasteiger charge is 2.85. The van der Waals surface area contributed by atoms with E-state index in [0.29, 0.717) is 18.2 Å². The summed E-state index contributed by atoms with van der Waals surface area (Å²) in [6.45, 7) is -0.0864. The molecule has 218 valence electrons. The molecule has 5 nitrogen and oxygen atoms in total. The Morgan fingerprint density at radius 3 is 1.97 bits per heavy atom. The molecule has 0 amide bonds. The highest BCUT2D eigenvalue weighted by molar-refractivity contribution is 7.21. The van der Waals surface area contributed by atoms with Crippen molar-refractivity contribution in [3.8, 4) is 16.3 Å². The molecular formula is C23H23ClF9N3O2S. The maximum atomic E-state index is 13.0. The van der Waals surface area contributed by atoms with Crippen LogP contribution in [0.4, 0.5) is 45.2 Å². The van der Waals surface area contributed by atoms with Crippen LogP contribution in [0.1, 0.15) is 6.92 Å². The average molecular weight is 612 g/mol. The molecule has 0 saturated heterocycles. The predicted molar refractivity (Wildman–Crippen MR) is 132 cm³/mol. The zero-order valence-corrected chi connectivity index (χ0v) is 22.1. The van der Waals surface area contributed by atoms with Crippen LogP contribution in [0.3, 0.4) is 0 Å². The molecule has 0 aliphatic heterocycles. The lowest BCUT2D eigenvalue weighted by Crippen LogP contribution is -2.69. The van der Waals surface area contributed by atoms with Crippen molar-refractivity contribution in [3.63, 3.8) is 0 Å². The van der Waals surface area contributed by atoms with Crippen molar-refractivity contribution in [3.05, 3.63) is 42.5 Å². The smallest absolute Gasteiger partial charge is 0.435 e. The van der Waals surface area contributed by atoms with E-state index in [4.69, 9.17) is 4.74 Å². The van der Waals surface area contributed by atoms with E-state index in [9.17, 15) is 39.5 Å². The summed E-state index contributed by atoms with van der Waals surface area (Å²) >= 11 is 1.38. The van der Waals surface area contributed by atoms with Crippen molar-refractivity contribution in [1.82, 2.24) is 10.3 Å². The van der Waals surface area contributed by atoms with Gasteiger partial charge in [-0.3, -0.25) is 5.32 Å². The van der Waals surface area contributed by atoms with E-state index in [-0.39, 0.29) is 19.0 Å². The molecule has 0 aliphatic carbocycles. The van der Waals surface area contributed by atoms with Crippen LogP contribution in [0.2, 0.25) is 0 Å². The molecule has 0 bridgehead atoms. The lowest BCUT2D eigenvalue weighted by Gasteiger charge is -2.39. The standard InChI is InChI=1S/C23H22F9N3O2S.ClH/c1-13(37-20(21(24,25)26,22(27,28)29)23(30,31)32)33-10-11-36-16-8-9-17-18(12-16)38-19(34-17)14-4-6-15(7-5-14)35(2)3;/h4-9,12-13,33H,10-11H2,1-3H3;1H. The molecule has 1 atom stereocenters. The quantitative estimate of drug-likeness (QED) is 0.157. The van der Waals surface area contributed by atoms with Crippen LogP contribution in [0.5, 0.6) is 5.75 Å². The zero-order valence-electron chi connectivity index (χ0n) is 20.5. The van der Waals surface area contributed by atoms with Gasteiger partial charge in [0.15, 0.2) is 0 Å². The molecule has 0 spiro atoms. The van der Waals surface area contributed by atoms with Gasteiger partial charge in [-0.1, -0.05) is 0 Å².